The Bertz CT molecular complexity index is 613. The van der Waals surface area contributed by atoms with Gasteiger partial charge in [0, 0.05) is 44.6 Å². The van der Waals surface area contributed by atoms with E-state index in [4.69, 9.17) is 5.73 Å². The Balaban J connectivity index is 0.00000147. The zero-order chi connectivity index (χ0) is 13.6. The molecular weight excluding hydrogens is 430 g/mol. The van der Waals surface area contributed by atoms with Gasteiger partial charge in [-0.1, -0.05) is 0 Å². The molecule has 2 atom stereocenters. The molecule has 1 fully saturated rings. The molecule has 1 aliphatic rings. The van der Waals surface area contributed by atoms with Crippen molar-refractivity contribution in [3.63, 3.8) is 0 Å². The third-order valence-corrected chi connectivity index (χ3v) is 3.68. The first-order chi connectivity index (χ1) is 8.96. The standard InChI is InChI=1S/C12H17N6O.Re/c1-7-3-4-12(2,19)6-18(7)10-8-5-14-17-9(8)15-11(13)16-10;/h5,7,19H,3-4,6H2,1-2H3,(H2-,13,14,15,16,17);/q-1;. The van der Waals surface area contributed by atoms with Gasteiger partial charge in [-0.3, -0.25) is 5.10 Å². The van der Waals surface area contributed by atoms with Gasteiger partial charge in [0.05, 0.1) is 5.60 Å². The SMILES string of the molecule is CC1CCC(C)(O)CN1c1nc(N)nc2[n-]ncc12.[Re]. The van der Waals surface area contributed by atoms with Gasteiger partial charge >= 0.3 is 0 Å². The summed E-state index contributed by atoms with van der Waals surface area (Å²) >= 11 is 0. The van der Waals surface area contributed by atoms with Gasteiger partial charge in [-0.15, -0.1) is 0 Å². The summed E-state index contributed by atoms with van der Waals surface area (Å²) in [5, 5.41) is 18.8. The molecule has 7 nitrogen and oxygen atoms in total. The summed E-state index contributed by atoms with van der Waals surface area (Å²) in [5.41, 5.74) is 5.51. The largest absolute Gasteiger partial charge is 0.403 e. The second-order valence-corrected chi connectivity index (χ2v) is 5.50. The number of anilines is 2. The van der Waals surface area contributed by atoms with Crippen molar-refractivity contribution in [2.75, 3.05) is 17.2 Å². The van der Waals surface area contributed by atoms with E-state index in [0.717, 1.165) is 18.2 Å². The summed E-state index contributed by atoms with van der Waals surface area (Å²) < 4.78 is 0. The van der Waals surface area contributed by atoms with Crippen LogP contribution in [0.2, 0.25) is 0 Å². The zero-order valence-electron chi connectivity index (χ0n) is 11.4. The molecule has 0 aromatic carbocycles. The predicted molar refractivity (Wildman–Crippen MR) is 71.7 cm³/mol. The fraction of sp³-hybridized carbons (Fsp3) is 0.583. The maximum absolute atomic E-state index is 10.3. The molecule has 0 saturated carbocycles. The molecule has 1 radical (unpaired) electrons. The van der Waals surface area contributed by atoms with Crippen molar-refractivity contribution in [2.24, 2.45) is 0 Å². The van der Waals surface area contributed by atoms with E-state index >= 15 is 0 Å². The minimum absolute atomic E-state index is 0. The number of hydrogen-bond donors (Lipinski definition) is 2. The van der Waals surface area contributed by atoms with Crippen LogP contribution in [-0.4, -0.2) is 38.4 Å². The first kappa shape index (κ1) is 15.2. The van der Waals surface area contributed by atoms with Crippen LogP contribution < -0.4 is 15.7 Å². The summed E-state index contributed by atoms with van der Waals surface area (Å²) in [4.78, 5) is 10.4. The van der Waals surface area contributed by atoms with E-state index in [2.05, 4.69) is 32.0 Å². The van der Waals surface area contributed by atoms with Crippen LogP contribution in [0.3, 0.4) is 0 Å². The third-order valence-electron chi connectivity index (χ3n) is 3.68. The van der Waals surface area contributed by atoms with Crippen molar-refractivity contribution in [3.8, 4) is 0 Å². The van der Waals surface area contributed by atoms with Gasteiger partial charge in [-0.05, 0) is 32.3 Å². The Morgan fingerprint density at radius 3 is 3.00 bits per heavy atom. The number of β-amino-alcohol motifs (C(OH)–C–C–N with tert-alkyl or cyclic N) is 1. The molecule has 0 aliphatic carbocycles. The van der Waals surface area contributed by atoms with Crippen molar-refractivity contribution >= 4 is 22.8 Å². The van der Waals surface area contributed by atoms with Crippen LogP contribution in [0.4, 0.5) is 11.8 Å². The van der Waals surface area contributed by atoms with Crippen LogP contribution in [-0.2, 0) is 20.4 Å². The van der Waals surface area contributed by atoms with Crippen molar-refractivity contribution in [3.05, 3.63) is 6.20 Å². The van der Waals surface area contributed by atoms with Crippen LogP contribution in [0.1, 0.15) is 26.7 Å². The zero-order valence-corrected chi connectivity index (χ0v) is 14.1. The van der Waals surface area contributed by atoms with Crippen LogP contribution in [0.15, 0.2) is 6.20 Å². The van der Waals surface area contributed by atoms with Gasteiger partial charge in [0.2, 0.25) is 0 Å². The number of nitrogen functional groups attached to an aromatic ring is 1. The maximum Gasteiger partial charge on any atom is 0.139 e. The summed E-state index contributed by atoms with van der Waals surface area (Å²) in [6, 6.07) is 0.285. The molecule has 0 spiro atoms. The second kappa shape index (κ2) is 5.28. The molecule has 2 aromatic heterocycles. The van der Waals surface area contributed by atoms with Crippen LogP contribution in [0.5, 0.6) is 0 Å². The molecule has 1 saturated heterocycles. The Morgan fingerprint density at radius 2 is 2.25 bits per heavy atom. The van der Waals surface area contributed by atoms with Crippen LogP contribution in [0, 0.1) is 0 Å². The van der Waals surface area contributed by atoms with E-state index in [1.807, 2.05) is 6.92 Å². The number of nitrogens with zero attached hydrogens (tertiary/aromatic N) is 5. The summed E-state index contributed by atoms with van der Waals surface area (Å²) in [5.74, 6) is 0.889. The Labute approximate surface area is 130 Å². The fourth-order valence-corrected chi connectivity index (χ4v) is 2.58. The molecular formula is C12H17N6ORe-. The van der Waals surface area contributed by atoms with E-state index < -0.39 is 5.60 Å². The van der Waals surface area contributed by atoms with E-state index in [1.165, 1.54) is 0 Å². The number of fused-ring (bicyclic) bond motifs is 1. The van der Waals surface area contributed by atoms with Crippen LogP contribution >= 0.6 is 0 Å². The van der Waals surface area contributed by atoms with Crippen molar-refractivity contribution in [1.82, 2.24) is 20.2 Å². The number of hydrogen-bond acceptors (Lipinski definition) is 6. The molecule has 1 aliphatic heterocycles. The number of aromatic nitrogens is 4. The van der Waals surface area contributed by atoms with Crippen LogP contribution in [0.25, 0.3) is 11.0 Å². The molecule has 109 valence electrons. The van der Waals surface area contributed by atoms with Gasteiger partial charge in [0.15, 0.2) is 0 Å². The van der Waals surface area contributed by atoms with Crippen molar-refractivity contribution in [1.29, 1.82) is 0 Å². The Kier molecular flexibility index (Phi) is 4.00. The quantitative estimate of drug-likeness (QED) is 0.648. The average molecular weight is 448 g/mol. The molecule has 8 heteroatoms. The second-order valence-electron chi connectivity index (χ2n) is 5.50. The fourth-order valence-electron chi connectivity index (χ4n) is 2.58. The first-order valence-corrected chi connectivity index (χ1v) is 6.37. The van der Waals surface area contributed by atoms with E-state index in [9.17, 15) is 5.11 Å². The number of piperidine rings is 1. The van der Waals surface area contributed by atoms with Gasteiger partial charge in [-0.25, -0.2) is 4.98 Å². The molecule has 0 bridgehead atoms. The van der Waals surface area contributed by atoms with Crippen molar-refractivity contribution in [2.45, 2.75) is 38.3 Å². The summed E-state index contributed by atoms with van der Waals surface area (Å²) in [6.07, 6.45) is 3.33. The first-order valence-electron chi connectivity index (χ1n) is 6.37. The maximum atomic E-state index is 10.3. The van der Waals surface area contributed by atoms with Gasteiger partial charge in [0.1, 0.15) is 11.8 Å². The number of rotatable bonds is 1. The van der Waals surface area contributed by atoms with Gasteiger partial charge in [-0.2, -0.15) is 0 Å². The van der Waals surface area contributed by atoms with Gasteiger partial charge < -0.3 is 25.8 Å². The monoisotopic (exact) mass is 448 g/mol. The molecule has 20 heavy (non-hydrogen) atoms. The molecule has 3 N–H and O–H groups in total. The van der Waals surface area contributed by atoms with Gasteiger partial charge in [0.25, 0.3) is 0 Å². The van der Waals surface area contributed by atoms with E-state index in [0.29, 0.717) is 18.0 Å². The molecule has 2 unspecified atom stereocenters. The Hall–Kier alpha value is -1.23. The minimum atomic E-state index is -0.716. The molecule has 3 rings (SSSR count). The summed E-state index contributed by atoms with van der Waals surface area (Å²) in [7, 11) is 0. The molecule has 3 heterocycles. The third kappa shape index (κ3) is 2.64. The molecule has 2 aromatic rings. The molecule has 0 amide bonds. The van der Waals surface area contributed by atoms with Crippen molar-refractivity contribution < 1.29 is 25.5 Å². The van der Waals surface area contributed by atoms with E-state index in [-0.39, 0.29) is 32.4 Å². The summed E-state index contributed by atoms with van der Waals surface area (Å²) in [6.45, 7) is 4.48. The average Bonchev–Trinajstić information content (AvgIpc) is 2.79. The normalized spacial score (nSPS) is 26.6. The van der Waals surface area contributed by atoms with E-state index in [1.54, 1.807) is 6.20 Å². The number of aliphatic hydroxyl groups is 1. The minimum Gasteiger partial charge on any atom is -0.403 e. The topological polar surface area (TPSA) is 102 Å². The number of nitrogens with two attached hydrogens (primary N) is 1. The Morgan fingerprint density at radius 1 is 1.50 bits per heavy atom. The smallest absolute Gasteiger partial charge is 0.139 e. The predicted octanol–water partition coefficient (Wildman–Crippen LogP) is 0.301.